The van der Waals surface area contributed by atoms with Gasteiger partial charge >= 0.3 is 0 Å². The third kappa shape index (κ3) is 0.797. The molecule has 0 spiro atoms. The van der Waals surface area contributed by atoms with E-state index in [1.807, 2.05) is 0 Å². The predicted molar refractivity (Wildman–Crippen MR) is 38.6 cm³/mol. The van der Waals surface area contributed by atoms with Crippen LogP contribution in [0, 0.1) is 0 Å². The summed E-state index contributed by atoms with van der Waals surface area (Å²) >= 11 is 0. The number of hydrogen-bond donors (Lipinski definition) is 1. The van der Waals surface area contributed by atoms with Gasteiger partial charge in [-0.25, -0.2) is 8.78 Å². The Morgan fingerprint density at radius 2 is 2.25 bits per heavy atom. The molecule has 5 heteroatoms. The van der Waals surface area contributed by atoms with Crippen LogP contribution in [-0.4, -0.2) is 15.7 Å². The molecule has 0 amide bonds. The molecule has 2 rings (SSSR count). The maximum atomic E-state index is 12.7. The molecule has 1 aliphatic rings. The molecule has 66 valence electrons. The standard InChI is InChI=1S/C7H9F2N3/c1-12-3-5(2-11-12)6(10)4-7(6,8)9/h2-3H,4,10H2,1H3. The number of halogens is 2. The molecular formula is C7H9F2N3. The topological polar surface area (TPSA) is 43.8 Å². The molecule has 1 heterocycles. The van der Waals surface area contributed by atoms with Crippen molar-refractivity contribution in [3.8, 4) is 0 Å². The zero-order chi connectivity index (χ0) is 8.98. The zero-order valence-electron chi connectivity index (χ0n) is 6.59. The van der Waals surface area contributed by atoms with Crippen molar-refractivity contribution in [1.82, 2.24) is 9.78 Å². The van der Waals surface area contributed by atoms with Gasteiger partial charge in [0.15, 0.2) is 0 Å². The fourth-order valence-corrected chi connectivity index (χ4v) is 1.27. The molecule has 0 aliphatic heterocycles. The monoisotopic (exact) mass is 173 g/mol. The Morgan fingerprint density at radius 1 is 1.67 bits per heavy atom. The molecule has 1 aromatic rings. The van der Waals surface area contributed by atoms with Crippen molar-refractivity contribution in [3.63, 3.8) is 0 Å². The van der Waals surface area contributed by atoms with E-state index in [0.717, 1.165) is 0 Å². The van der Waals surface area contributed by atoms with Gasteiger partial charge in [0, 0.05) is 25.2 Å². The summed E-state index contributed by atoms with van der Waals surface area (Å²) in [5.41, 5.74) is 4.41. The molecule has 12 heavy (non-hydrogen) atoms. The van der Waals surface area contributed by atoms with Crippen LogP contribution in [-0.2, 0) is 12.6 Å². The molecule has 1 aromatic heterocycles. The highest BCUT2D eigenvalue weighted by Gasteiger charge is 2.70. The van der Waals surface area contributed by atoms with E-state index in [9.17, 15) is 8.78 Å². The number of aromatic nitrogens is 2. The second kappa shape index (κ2) is 1.85. The summed E-state index contributed by atoms with van der Waals surface area (Å²) in [6.45, 7) is 0. The van der Waals surface area contributed by atoms with Crippen LogP contribution >= 0.6 is 0 Å². The minimum atomic E-state index is -2.75. The van der Waals surface area contributed by atoms with Gasteiger partial charge in [-0.1, -0.05) is 0 Å². The molecule has 0 radical (unpaired) electrons. The van der Waals surface area contributed by atoms with E-state index in [1.54, 1.807) is 7.05 Å². The van der Waals surface area contributed by atoms with Crippen LogP contribution in [0.5, 0.6) is 0 Å². The summed E-state index contributed by atoms with van der Waals surface area (Å²) < 4.78 is 26.9. The SMILES string of the molecule is Cn1cc(C2(N)CC2(F)F)cn1. The quantitative estimate of drug-likeness (QED) is 0.676. The second-order valence-corrected chi connectivity index (χ2v) is 3.26. The fraction of sp³-hybridized carbons (Fsp3) is 0.571. The van der Waals surface area contributed by atoms with Crippen LogP contribution < -0.4 is 5.73 Å². The molecule has 3 nitrogen and oxygen atoms in total. The summed E-state index contributed by atoms with van der Waals surface area (Å²) in [6, 6.07) is 0. The average Bonchev–Trinajstić information content (AvgIpc) is 2.37. The highest BCUT2D eigenvalue weighted by molar-refractivity contribution is 5.32. The van der Waals surface area contributed by atoms with Gasteiger partial charge in [-0.2, -0.15) is 5.10 Å². The normalized spacial score (nSPS) is 32.0. The van der Waals surface area contributed by atoms with E-state index < -0.39 is 11.5 Å². The van der Waals surface area contributed by atoms with Gasteiger partial charge in [-0.05, 0) is 0 Å². The third-order valence-electron chi connectivity index (χ3n) is 2.25. The predicted octanol–water partition coefficient (Wildman–Crippen LogP) is 0.613. The summed E-state index contributed by atoms with van der Waals surface area (Å²) in [5.74, 6) is -2.75. The zero-order valence-corrected chi connectivity index (χ0v) is 6.59. The molecule has 1 saturated carbocycles. The van der Waals surface area contributed by atoms with Crippen molar-refractivity contribution in [2.24, 2.45) is 12.8 Å². The van der Waals surface area contributed by atoms with Crippen molar-refractivity contribution >= 4 is 0 Å². The Bertz CT molecular complexity index is 320. The summed E-state index contributed by atoms with van der Waals surface area (Å²) in [7, 11) is 1.67. The van der Waals surface area contributed by atoms with Crippen molar-refractivity contribution in [2.45, 2.75) is 17.9 Å². The first-order valence-corrected chi connectivity index (χ1v) is 3.61. The number of aryl methyl sites for hydroxylation is 1. The van der Waals surface area contributed by atoms with E-state index in [4.69, 9.17) is 5.73 Å². The first-order chi connectivity index (χ1) is 5.46. The summed E-state index contributed by atoms with van der Waals surface area (Å²) in [4.78, 5) is 0. The van der Waals surface area contributed by atoms with Crippen LogP contribution in [0.1, 0.15) is 12.0 Å². The minimum absolute atomic E-state index is 0.272. The fourth-order valence-electron chi connectivity index (χ4n) is 1.27. The highest BCUT2D eigenvalue weighted by Crippen LogP contribution is 2.57. The van der Waals surface area contributed by atoms with E-state index in [-0.39, 0.29) is 6.42 Å². The first kappa shape index (κ1) is 7.67. The Balaban J connectivity index is 2.34. The van der Waals surface area contributed by atoms with E-state index in [2.05, 4.69) is 5.10 Å². The minimum Gasteiger partial charge on any atom is -0.316 e. The number of rotatable bonds is 1. The van der Waals surface area contributed by atoms with E-state index in [1.165, 1.54) is 17.1 Å². The molecular weight excluding hydrogens is 164 g/mol. The Hall–Kier alpha value is -0.970. The average molecular weight is 173 g/mol. The van der Waals surface area contributed by atoms with Gasteiger partial charge in [0.05, 0.1) is 6.20 Å². The van der Waals surface area contributed by atoms with Crippen molar-refractivity contribution in [2.75, 3.05) is 0 Å². The highest BCUT2D eigenvalue weighted by atomic mass is 19.3. The second-order valence-electron chi connectivity index (χ2n) is 3.26. The van der Waals surface area contributed by atoms with Gasteiger partial charge in [0.25, 0.3) is 5.92 Å². The van der Waals surface area contributed by atoms with Gasteiger partial charge in [-0.15, -0.1) is 0 Å². The van der Waals surface area contributed by atoms with Gasteiger partial charge < -0.3 is 5.73 Å². The molecule has 0 bridgehead atoms. The summed E-state index contributed by atoms with van der Waals surface area (Å²) in [5, 5.41) is 3.79. The van der Waals surface area contributed by atoms with E-state index in [0.29, 0.717) is 5.56 Å². The van der Waals surface area contributed by atoms with Crippen LogP contribution in [0.4, 0.5) is 8.78 Å². The van der Waals surface area contributed by atoms with Crippen molar-refractivity contribution in [3.05, 3.63) is 18.0 Å². The van der Waals surface area contributed by atoms with Crippen molar-refractivity contribution in [1.29, 1.82) is 0 Å². The van der Waals surface area contributed by atoms with E-state index >= 15 is 0 Å². The van der Waals surface area contributed by atoms with Crippen LogP contribution in [0.2, 0.25) is 0 Å². The lowest BCUT2D eigenvalue weighted by Gasteiger charge is -2.05. The van der Waals surface area contributed by atoms with Gasteiger partial charge in [0.1, 0.15) is 5.54 Å². The molecule has 1 aliphatic carbocycles. The number of hydrogen-bond acceptors (Lipinski definition) is 2. The maximum Gasteiger partial charge on any atom is 0.272 e. The molecule has 1 atom stereocenters. The Morgan fingerprint density at radius 3 is 2.58 bits per heavy atom. The Kier molecular flexibility index (Phi) is 1.18. The number of nitrogens with two attached hydrogens (primary N) is 1. The number of nitrogens with zero attached hydrogens (tertiary/aromatic N) is 2. The smallest absolute Gasteiger partial charge is 0.272 e. The summed E-state index contributed by atoms with van der Waals surface area (Å²) in [6.07, 6.45) is 2.65. The Labute approximate surface area is 68.2 Å². The van der Waals surface area contributed by atoms with Crippen LogP contribution in [0.3, 0.4) is 0 Å². The molecule has 1 unspecified atom stereocenters. The van der Waals surface area contributed by atoms with Gasteiger partial charge in [0.2, 0.25) is 0 Å². The maximum absolute atomic E-state index is 12.7. The third-order valence-corrected chi connectivity index (χ3v) is 2.25. The lowest BCUT2D eigenvalue weighted by atomic mass is 10.1. The first-order valence-electron chi connectivity index (χ1n) is 3.61. The lowest BCUT2D eigenvalue weighted by molar-refractivity contribution is 0.0891. The van der Waals surface area contributed by atoms with Crippen LogP contribution in [0.25, 0.3) is 0 Å². The van der Waals surface area contributed by atoms with Crippen LogP contribution in [0.15, 0.2) is 12.4 Å². The molecule has 0 aromatic carbocycles. The number of alkyl halides is 2. The molecule has 2 N–H and O–H groups in total. The lowest BCUT2D eigenvalue weighted by Crippen LogP contribution is -2.26. The molecule has 0 saturated heterocycles. The van der Waals surface area contributed by atoms with Gasteiger partial charge in [-0.3, -0.25) is 4.68 Å². The largest absolute Gasteiger partial charge is 0.316 e. The van der Waals surface area contributed by atoms with Crippen molar-refractivity contribution < 1.29 is 8.78 Å². The molecule has 1 fully saturated rings.